The van der Waals surface area contributed by atoms with Gasteiger partial charge in [0.1, 0.15) is 5.82 Å². The van der Waals surface area contributed by atoms with Gasteiger partial charge in [0.15, 0.2) is 0 Å². The zero-order valence-corrected chi connectivity index (χ0v) is 21.9. The molecule has 6 nitrogen and oxygen atoms in total. The largest absolute Gasteiger partial charge is 0.324 e. The fourth-order valence-electron chi connectivity index (χ4n) is 3.98. The minimum absolute atomic E-state index is 0.0315. The number of benzene rings is 3. The molecule has 0 aliphatic heterocycles. The molecule has 36 heavy (non-hydrogen) atoms. The molecule has 0 saturated heterocycles. The highest BCUT2D eigenvalue weighted by Gasteiger charge is 2.20. The molecule has 1 N–H and O–H groups in total. The molecule has 5 aromatic rings. The lowest BCUT2D eigenvalue weighted by Gasteiger charge is -2.11. The highest BCUT2D eigenvalue weighted by molar-refractivity contribution is 7.90. The van der Waals surface area contributed by atoms with Crippen molar-refractivity contribution in [3.63, 3.8) is 0 Å². The first-order valence-electron chi connectivity index (χ1n) is 11.1. The second-order valence-electron chi connectivity index (χ2n) is 8.48. The maximum Gasteiger partial charge on any atom is 0.265 e. The highest BCUT2D eigenvalue weighted by atomic mass is 35.5. The monoisotopic (exact) mass is 535 g/mol. The first-order chi connectivity index (χ1) is 17.2. The summed E-state index contributed by atoms with van der Waals surface area (Å²) in [5.74, 6) is 0.0504. The summed E-state index contributed by atoms with van der Waals surface area (Å²) in [6.45, 7) is 4.20. The van der Waals surface area contributed by atoms with Crippen LogP contribution in [-0.2, 0) is 16.6 Å². The lowest BCUT2D eigenvalue weighted by Crippen LogP contribution is -2.30. The molecule has 1 amide bonds. The summed E-state index contributed by atoms with van der Waals surface area (Å²) in [4.78, 5) is 18.7. The molecule has 0 saturated carbocycles. The van der Waals surface area contributed by atoms with E-state index in [-0.39, 0.29) is 10.5 Å². The Hall–Kier alpha value is -3.46. The third-order valence-electron chi connectivity index (χ3n) is 5.95. The number of halogens is 1. The average molecular weight is 536 g/mol. The normalized spacial score (nSPS) is 11.6. The summed E-state index contributed by atoms with van der Waals surface area (Å²) in [6.07, 6.45) is 0. The summed E-state index contributed by atoms with van der Waals surface area (Å²) in [5, 5.41) is 2.66. The molecule has 0 radical (unpaired) electrons. The van der Waals surface area contributed by atoms with Gasteiger partial charge in [-0.2, -0.15) is 0 Å². The fourth-order valence-corrected chi connectivity index (χ4v) is 5.92. The minimum atomic E-state index is -4.00. The van der Waals surface area contributed by atoms with E-state index in [1.165, 1.54) is 12.1 Å². The molecule has 2 aromatic heterocycles. The molecule has 3 aromatic carbocycles. The summed E-state index contributed by atoms with van der Waals surface area (Å²) < 4.78 is 29.5. The standard InChI is InChI=1S/C27H22ClN3O3S2/c1-17-5-10-22(11-6-17)36(33,34)30-27(32)20-9-12-24-25(15-20)31(18(2)29-24)16-21-8-7-19(14-23(21)28)26-4-3-13-35-26/h3-15H,16H2,1-2H3,(H,30,32). The van der Waals surface area contributed by atoms with Crippen LogP contribution in [0.25, 0.3) is 21.5 Å². The predicted molar refractivity (Wildman–Crippen MR) is 144 cm³/mol. The van der Waals surface area contributed by atoms with Crippen molar-refractivity contribution in [3.8, 4) is 10.4 Å². The number of hydrogen-bond donors (Lipinski definition) is 1. The van der Waals surface area contributed by atoms with Gasteiger partial charge in [-0.3, -0.25) is 4.79 Å². The van der Waals surface area contributed by atoms with Crippen molar-refractivity contribution in [1.29, 1.82) is 0 Å². The van der Waals surface area contributed by atoms with E-state index in [2.05, 4.69) is 15.8 Å². The van der Waals surface area contributed by atoms with E-state index in [9.17, 15) is 13.2 Å². The van der Waals surface area contributed by atoms with Crippen molar-refractivity contribution in [1.82, 2.24) is 14.3 Å². The van der Waals surface area contributed by atoms with Gasteiger partial charge in [-0.1, -0.05) is 47.5 Å². The van der Waals surface area contributed by atoms with Gasteiger partial charge in [0.2, 0.25) is 0 Å². The van der Waals surface area contributed by atoms with Gasteiger partial charge >= 0.3 is 0 Å². The van der Waals surface area contributed by atoms with E-state index in [0.29, 0.717) is 22.6 Å². The van der Waals surface area contributed by atoms with E-state index in [4.69, 9.17) is 11.6 Å². The molecular formula is C27H22ClN3O3S2. The van der Waals surface area contributed by atoms with Gasteiger partial charge in [-0.15, -0.1) is 11.3 Å². The molecule has 0 bridgehead atoms. The summed E-state index contributed by atoms with van der Waals surface area (Å²) in [6, 6.07) is 21.3. The zero-order valence-electron chi connectivity index (χ0n) is 19.5. The van der Waals surface area contributed by atoms with Crippen molar-refractivity contribution in [2.24, 2.45) is 0 Å². The lowest BCUT2D eigenvalue weighted by molar-refractivity contribution is 0.0981. The van der Waals surface area contributed by atoms with E-state index in [1.54, 1.807) is 41.7 Å². The molecule has 0 aliphatic carbocycles. The molecule has 9 heteroatoms. The molecule has 0 fully saturated rings. The predicted octanol–water partition coefficient (Wildman–Crippen LogP) is 6.20. The van der Waals surface area contributed by atoms with Crippen LogP contribution in [0.4, 0.5) is 0 Å². The van der Waals surface area contributed by atoms with E-state index < -0.39 is 15.9 Å². The number of hydrogen-bond acceptors (Lipinski definition) is 5. The number of carbonyl (C=O) groups is 1. The Morgan fingerprint density at radius 1 is 1.03 bits per heavy atom. The average Bonchev–Trinajstić information content (AvgIpc) is 3.48. The minimum Gasteiger partial charge on any atom is -0.324 e. The maximum absolute atomic E-state index is 12.9. The molecule has 2 heterocycles. The number of aromatic nitrogens is 2. The number of nitrogens with one attached hydrogen (secondary N) is 1. The fraction of sp³-hybridized carbons (Fsp3) is 0.111. The maximum atomic E-state index is 12.9. The van der Waals surface area contributed by atoms with E-state index in [0.717, 1.165) is 27.4 Å². The van der Waals surface area contributed by atoms with Gasteiger partial charge < -0.3 is 4.57 Å². The van der Waals surface area contributed by atoms with Crippen LogP contribution in [-0.4, -0.2) is 23.9 Å². The van der Waals surface area contributed by atoms with Crippen LogP contribution < -0.4 is 4.72 Å². The molecule has 182 valence electrons. The van der Waals surface area contributed by atoms with Crippen molar-refractivity contribution >= 4 is 49.9 Å². The number of nitrogens with zero attached hydrogens (tertiary/aromatic N) is 2. The summed E-state index contributed by atoms with van der Waals surface area (Å²) in [5.41, 5.74) is 4.54. The van der Waals surface area contributed by atoms with Crippen LogP contribution in [0.5, 0.6) is 0 Å². The number of imidazole rings is 1. The number of fused-ring (bicyclic) bond motifs is 1. The Morgan fingerprint density at radius 2 is 1.81 bits per heavy atom. The second-order valence-corrected chi connectivity index (χ2v) is 11.5. The van der Waals surface area contributed by atoms with Gasteiger partial charge in [-0.05, 0) is 72.8 Å². The first kappa shape index (κ1) is 24.2. The Labute approximate surface area is 218 Å². The van der Waals surface area contributed by atoms with Gasteiger partial charge in [0.25, 0.3) is 15.9 Å². The molecule has 0 unspecified atom stereocenters. The Balaban J connectivity index is 1.43. The molecule has 0 spiro atoms. The Bertz CT molecular complexity index is 1690. The molecule has 0 aliphatic rings. The molecule has 0 atom stereocenters. The van der Waals surface area contributed by atoms with Crippen LogP contribution >= 0.6 is 22.9 Å². The third-order valence-corrected chi connectivity index (χ3v) is 8.56. The Morgan fingerprint density at radius 3 is 2.50 bits per heavy atom. The quantitative estimate of drug-likeness (QED) is 0.280. The smallest absolute Gasteiger partial charge is 0.265 e. The van der Waals surface area contributed by atoms with Crippen LogP contribution in [0.1, 0.15) is 27.3 Å². The summed E-state index contributed by atoms with van der Waals surface area (Å²) in [7, 11) is -4.00. The number of thiophene rings is 1. The van der Waals surface area contributed by atoms with Gasteiger partial charge in [0.05, 0.1) is 22.5 Å². The van der Waals surface area contributed by atoms with Crippen LogP contribution in [0, 0.1) is 13.8 Å². The van der Waals surface area contributed by atoms with Gasteiger partial charge in [0, 0.05) is 15.5 Å². The van der Waals surface area contributed by atoms with E-state index in [1.807, 2.05) is 48.1 Å². The Kier molecular flexibility index (Phi) is 6.42. The topological polar surface area (TPSA) is 81.1 Å². The van der Waals surface area contributed by atoms with Gasteiger partial charge in [-0.25, -0.2) is 18.1 Å². The lowest BCUT2D eigenvalue weighted by atomic mass is 10.1. The van der Waals surface area contributed by atoms with Crippen LogP contribution in [0.2, 0.25) is 5.02 Å². The summed E-state index contributed by atoms with van der Waals surface area (Å²) >= 11 is 8.28. The zero-order chi connectivity index (χ0) is 25.4. The highest BCUT2D eigenvalue weighted by Crippen LogP contribution is 2.30. The van der Waals surface area contributed by atoms with Crippen molar-refractivity contribution in [2.45, 2.75) is 25.3 Å². The number of amides is 1. The van der Waals surface area contributed by atoms with Crippen molar-refractivity contribution in [2.75, 3.05) is 0 Å². The SMILES string of the molecule is Cc1ccc(S(=O)(=O)NC(=O)c2ccc3nc(C)n(Cc4ccc(-c5cccs5)cc4Cl)c3c2)cc1. The molecule has 5 rings (SSSR count). The first-order valence-corrected chi connectivity index (χ1v) is 13.9. The second kappa shape index (κ2) is 9.54. The molecular weight excluding hydrogens is 514 g/mol. The number of carbonyl (C=O) groups excluding carboxylic acids is 1. The van der Waals surface area contributed by atoms with Crippen molar-refractivity contribution < 1.29 is 13.2 Å². The van der Waals surface area contributed by atoms with Crippen molar-refractivity contribution in [3.05, 3.63) is 106 Å². The number of rotatable bonds is 6. The van der Waals surface area contributed by atoms with Crippen LogP contribution in [0.15, 0.2) is 83.1 Å². The number of sulfonamides is 1. The van der Waals surface area contributed by atoms with E-state index >= 15 is 0 Å². The third kappa shape index (κ3) is 4.80. The van der Waals surface area contributed by atoms with Crippen LogP contribution in [0.3, 0.4) is 0 Å². The number of aryl methyl sites for hydroxylation is 2.